The molecule has 0 saturated heterocycles. The Morgan fingerprint density at radius 1 is 0.844 bits per heavy atom. The number of hydrogen-bond acceptors (Lipinski definition) is 3. The van der Waals surface area contributed by atoms with E-state index in [1.807, 2.05) is 54.6 Å². The third-order valence-corrected chi connectivity index (χ3v) is 5.10. The fourth-order valence-electron chi connectivity index (χ4n) is 3.63. The van der Waals surface area contributed by atoms with Crippen LogP contribution in [0.2, 0.25) is 0 Å². The molecule has 3 nitrogen and oxygen atoms in total. The van der Waals surface area contributed by atoms with E-state index in [0.29, 0.717) is 32.8 Å². The minimum absolute atomic E-state index is 0.192. The summed E-state index contributed by atoms with van der Waals surface area (Å²) in [5, 5.41) is 0. The summed E-state index contributed by atoms with van der Waals surface area (Å²) in [5.41, 5.74) is 3.25. The van der Waals surface area contributed by atoms with Crippen molar-refractivity contribution in [2.75, 3.05) is 13.2 Å². The Morgan fingerprint density at radius 3 is 1.88 bits per heavy atom. The molecule has 0 aromatic heterocycles. The maximum atomic E-state index is 10.4. The van der Waals surface area contributed by atoms with Crippen LogP contribution in [0.1, 0.15) is 43.7 Å². The molecule has 2 aromatic carbocycles. The molecule has 0 aliphatic carbocycles. The Kier molecular flexibility index (Phi) is 12.1. The van der Waals surface area contributed by atoms with Crippen molar-refractivity contribution in [1.29, 1.82) is 0 Å². The molecule has 0 amide bonds. The van der Waals surface area contributed by atoms with Crippen LogP contribution in [0.4, 0.5) is 0 Å². The average molecular weight is 433 g/mol. The van der Waals surface area contributed by atoms with E-state index in [4.69, 9.17) is 9.47 Å². The second-order valence-corrected chi connectivity index (χ2v) is 8.40. The number of carbonyl (C=O) groups is 1. The van der Waals surface area contributed by atoms with E-state index >= 15 is 0 Å². The molecule has 0 atom stereocenters. The number of ether oxygens (including phenoxy) is 2. The third kappa shape index (κ3) is 10.5. The zero-order valence-electron chi connectivity index (χ0n) is 19.2. The number of carbonyl (C=O) groups excluding carboxylic acids is 1. The number of rotatable bonds is 16. The van der Waals surface area contributed by atoms with Gasteiger partial charge in [0.1, 0.15) is 6.29 Å². The first kappa shape index (κ1) is 25.5. The highest BCUT2D eigenvalue weighted by Gasteiger charge is 2.30. The predicted octanol–water partition coefficient (Wildman–Crippen LogP) is 6.85. The lowest BCUT2D eigenvalue weighted by Gasteiger charge is -2.33. The topological polar surface area (TPSA) is 35.5 Å². The normalized spacial score (nSPS) is 11.9. The lowest BCUT2D eigenvalue weighted by atomic mass is 9.80. The van der Waals surface area contributed by atoms with E-state index in [0.717, 1.165) is 42.2 Å². The average Bonchev–Trinajstić information content (AvgIpc) is 2.79. The standard InChI is InChI=1S/C29H36O3/c1-26(2)21-29(19-13-5-3-4-6-14-20-30,24-31-22-27-15-9-7-10-16-27)25-32-23-28-17-11-8-12-18-28/h3-5,7-13,15-18,20H,1,6,14,19,21-25H2,2H3/b4-3+,13-5+. The summed E-state index contributed by atoms with van der Waals surface area (Å²) in [6, 6.07) is 20.5. The minimum Gasteiger partial charge on any atom is -0.376 e. The van der Waals surface area contributed by atoms with Gasteiger partial charge in [-0.1, -0.05) is 90.5 Å². The van der Waals surface area contributed by atoms with Crippen LogP contribution in [0.15, 0.2) is 97.1 Å². The molecule has 0 fully saturated rings. The number of benzene rings is 2. The van der Waals surface area contributed by atoms with Gasteiger partial charge in [-0.15, -0.1) is 6.58 Å². The number of allylic oxidation sites excluding steroid dienone is 5. The van der Waals surface area contributed by atoms with Crippen molar-refractivity contribution in [3.63, 3.8) is 0 Å². The van der Waals surface area contributed by atoms with Crippen molar-refractivity contribution in [3.05, 3.63) is 108 Å². The molecule has 0 aliphatic heterocycles. The van der Waals surface area contributed by atoms with Crippen molar-refractivity contribution in [1.82, 2.24) is 0 Å². The molecule has 0 heterocycles. The van der Waals surface area contributed by atoms with E-state index in [9.17, 15) is 4.79 Å². The summed E-state index contributed by atoms with van der Waals surface area (Å²) in [6.07, 6.45) is 12.2. The fourth-order valence-corrected chi connectivity index (χ4v) is 3.63. The highest BCUT2D eigenvalue weighted by molar-refractivity contribution is 5.49. The summed E-state index contributed by atoms with van der Waals surface area (Å²) in [4.78, 5) is 10.4. The molecule has 0 unspecified atom stereocenters. The van der Waals surface area contributed by atoms with Crippen LogP contribution in [0.25, 0.3) is 0 Å². The van der Waals surface area contributed by atoms with Gasteiger partial charge in [0, 0.05) is 11.8 Å². The first-order valence-electron chi connectivity index (χ1n) is 11.3. The second kappa shape index (κ2) is 15.1. The van der Waals surface area contributed by atoms with Gasteiger partial charge in [-0.25, -0.2) is 0 Å². The molecular formula is C29H36O3. The molecule has 0 radical (unpaired) electrons. The molecular weight excluding hydrogens is 396 g/mol. The molecule has 0 bridgehead atoms. The Hall–Kier alpha value is -2.75. The van der Waals surface area contributed by atoms with Crippen molar-refractivity contribution in [2.45, 2.75) is 45.8 Å². The molecule has 0 spiro atoms. The SMILES string of the molecule is C=C(C)CC(C/C=C/C=C/CCC=O)(COCc1ccccc1)COCc1ccccc1. The zero-order chi connectivity index (χ0) is 22.9. The van der Waals surface area contributed by atoms with Gasteiger partial charge < -0.3 is 14.3 Å². The van der Waals surface area contributed by atoms with E-state index in [2.05, 4.69) is 43.8 Å². The van der Waals surface area contributed by atoms with Crippen LogP contribution in [-0.4, -0.2) is 19.5 Å². The molecule has 170 valence electrons. The summed E-state index contributed by atoms with van der Waals surface area (Å²) < 4.78 is 12.4. The summed E-state index contributed by atoms with van der Waals surface area (Å²) >= 11 is 0. The molecule has 0 aliphatic rings. The van der Waals surface area contributed by atoms with Crippen LogP contribution < -0.4 is 0 Å². The molecule has 2 rings (SSSR count). The van der Waals surface area contributed by atoms with Gasteiger partial charge >= 0.3 is 0 Å². The van der Waals surface area contributed by atoms with Crippen molar-refractivity contribution >= 4 is 6.29 Å². The molecule has 32 heavy (non-hydrogen) atoms. The second-order valence-electron chi connectivity index (χ2n) is 8.40. The first-order valence-corrected chi connectivity index (χ1v) is 11.3. The van der Waals surface area contributed by atoms with Crippen LogP contribution in [-0.2, 0) is 27.5 Å². The van der Waals surface area contributed by atoms with Crippen molar-refractivity contribution in [2.24, 2.45) is 5.41 Å². The predicted molar refractivity (Wildman–Crippen MR) is 132 cm³/mol. The first-order chi connectivity index (χ1) is 15.6. The quantitative estimate of drug-likeness (QED) is 0.126. The van der Waals surface area contributed by atoms with Crippen LogP contribution in [0.3, 0.4) is 0 Å². The highest BCUT2D eigenvalue weighted by atomic mass is 16.5. The highest BCUT2D eigenvalue weighted by Crippen LogP contribution is 2.32. The lowest BCUT2D eigenvalue weighted by molar-refractivity contribution is -0.107. The molecule has 3 heteroatoms. The number of aldehydes is 1. The lowest BCUT2D eigenvalue weighted by Crippen LogP contribution is -2.32. The monoisotopic (exact) mass is 432 g/mol. The van der Waals surface area contributed by atoms with Crippen LogP contribution in [0.5, 0.6) is 0 Å². The molecule has 0 saturated carbocycles. The fraction of sp³-hybridized carbons (Fsp3) is 0.345. The zero-order valence-corrected chi connectivity index (χ0v) is 19.2. The Bertz CT molecular complexity index is 792. The Morgan fingerprint density at radius 2 is 1.38 bits per heavy atom. The third-order valence-electron chi connectivity index (χ3n) is 5.10. The maximum absolute atomic E-state index is 10.4. The molecule has 0 N–H and O–H groups in total. The summed E-state index contributed by atoms with van der Waals surface area (Å²) in [5.74, 6) is 0. The van der Waals surface area contributed by atoms with Gasteiger partial charge in [0.15, 0.2) is 0 Å². The summed E-state index contributed by atoms with van der Waals surface area (Å²) in [7, 11) is 0. The Labute approximate surface area is 193 Å². The van der Waals surface area contributed by atoms with Crippen LogP contribution >= 0.6 is 0 Å². The van der Waals surface area contributed by atoms with Gasteiger partial charge in [-0.3, -0.25) is 0 Å². The number of hydrogen-bond donors (Lipinski definition) is 0. The van der Waals surface area contributed by atoms with E-state index in [1.165, 1.54) is 0 Å². The van der Waals surface area contributed by atoms with Gasteiger partial charge in [-0.2, -0.15) is 0 Å². The van der Waals surface area contributed by atoms with Gasteiger partial charge in [0.05, 0.1) is 26.4 Å². The maximum Gasteiger partial charge on any atom is 0.120 e. The van der Waals surface area contributed by atoms with E-state index in [-0.39, 0.29) is 5.41 Å². The largest absolute Gasteiger partial charge is 0.376 e. The van der Waals surface area contributed by atoms with Crippen molar-refractivity contribution in [3.8, 4) is 0 Å². The van der Waals surface area contributed by atoms with E-state index < -0.39 is 0 Å². The van der Waals surface area contributed by atoms with Gasteiger partial charge in [-0.05, 0) is 37.3 Å². The van der Waals surface area contributed by atoms with Crippen molar-refractivity contribution < 1.29 is 14.3 Å². The minimum atomic E-state index is -0.192. The molecule has 2 aromatic rings. The van der Waals surface area contributed by atoms with Gasteiger partial charge in [0.25, 0.3) is 0 Å². The Balaban J connectivity index is 2.05. The van der Waals surface area contributed by atoms with E-state index in [1.54, 1.807) is 0 Å². The smallest absolute Gasteiger partial charge is 0.120 e. The van der Waals surface area contributed by atoms with Gasteiger partial charge in [0.2, 0.25) is 0 Å². The number of unbranched alkanes of at least 4 members (excludes halogenated alkanes) is 1. The summed E-state index contributed by atoms with van der Waals surface area (Å²) in [6.45, 7) is 8.55. The van der Waals surface area contributed by atoms with Crippen LogP contribution in [0, 0.1) is 5.41 Å².